The maximum absolute atomic E-state index is 12.6. The molecule has 0 unspecified atom stereocenters. The van der Waals surface area contributed by atoms with E-state index >= 15 is 0 Å². The van der Waals surface area contributed by atoms with Crippen molar-refractivity contribution in [3.8, 4) is 0 Å². The molecule has 0 radical (unpaired) electrons. The predicted octanol–water partition coefficient (Wildman–Crippen LogP) is 3.58. The molecule has 4 rings (SSSR count). The standard InChI is InChI=1S/C23H26ClN3O4S2/c1-33(29,30)27(16-17-2-4-19(24)5-3-17)20-6-7-21-18(14-20)15-22(32-21)23(28)25-8-9-26-10-12-31-13-11-26/h2-7,14-15H,8-13,16H2,1H3,(H,25,28). The second kappa shape index (κ2) is 10.4. The van der Waals surface area contributed by atoms with Crippen LogP contribution in [0, 0.1) is 0 Å². The van der Waals surface area contributed by atoms with Crippen LogP contribution in [0.4, 0.5) is 5.69 Å². The SMILES string of the molecule is CS(=O)(=O)N(Cc1ccc(Cl)cc1)c1ccc2sc(C(=O)NCCN3CCOCC3)cc2c1. The first-order chi connectivity index (χ1) is 15.8. The summed E-state index contributed by atoms with van der Waals surface area (Å²) in [7, 11) is -3.52. The molecule has 2 aromatic carbocycles. The largest absolute Gasteiger partial charge is 0.379 e. The van der Waals surface area contributed by atoms with Crippen LogP contribution in [0.1, 0.15) is 15.2 Å². The molecule has 1 aromatic heterocycles. The molecule has 176 valence electrons. The summed E-state index contributed by atoms with van der Waals surface area (Å²) >= 11 is 7.35. The van der Waals surface area contributed by atoms with Crippen molar-refractivity contribution in [2.45, 2.75) is 6.54 Å². The highest BCUT2D eigenvalue weighted by atomic mass is 35.5. The third-order valence-corrected chi connectivity index (χ3v) is 7.98. The van der Waals surface area contributed by atoms with Gasteiger partial charge in [-0.05, 0) is 47.3 Å². The van der Waals surface area contributed by atoms with E-state index in [0.717, 1.165) is 48.5 Å². The van der Waals surface area contributed by atoms with Crippen molar-refractivity contribution >= 4 is 54.6 Å². The highest BCUT2D eigenvalue weighted by molar-refractivity contribution is 7.92. The molecule has 0 spiro atoms. The molecule has 1 aliphatic rings. The molecular formula is C23H26ClN3O4S2. The number of carbonyl (C=O) groups is 1. The number of amides is 1. The number of hydrogen-bond donors (Lipinski definition) is 1. The Bertz CT molecular complexity index is 1220. The summed E-state index contributed by atoms with van der Waals surface area (Å²) in [5, 5.41) is 4.41. The molecule has 0 bridgehead atoms. The summed E-state index contributed by atoms with van der Waals surface area (Å²) < 4.78 is 32.7. The van der Waals surface area contributed by atoms with Gasteiger partial charge in [-0.15, -0.1) is 11.3 Å². The first-order valence-corrected chi connectivity index (χ1v) is 13.7. The highest BCUT2D eigenvalue weighted by Gasteiger charge is 2.19. The molecule has 1 N–H and O–H groups in total. The molecule has 10 heteroatoms. The number of benzene rings is 2. The molecule has 1 aliphatic heterocycles. The van der Waals surface area contributed by atoms with Gasteiger partial charge in [-0.1, -0.05) is 23.7 Å². The van der Waals surface area contributed by atoms with E-state index in [9.17, 15) is 13.2 Å². The zero-order valence-electron chi connectivity index (χ0n) is 18.3. The average Bonchev–Trinajstić information content (AvgIpc) is 3.22. The highest BCUT2D eigenvalue weighted by Crippen LogP contribution is 2.31. The summed E-state index contributed by atoms with van der Waals surface area (Å²) in [5.41, 5.74) is 1.38. The molecule has 7 nitrogen and oxygen atoms in total. The lowest BCUT2D eigenvalue weighted by molar-refractivity contribution is 0.0383. The number of rotatable bonds is 8. The number of anilines is 1. The monoisotopic (exact) mass is 507 g/mol. The van der Waals surface area contributed by atoms with Crippen LogP contribution in [0.5, 0.6) is 0 Å². The van der Waals surface area contributed by atoms with Crippen molar-refractivity contribution in [1.29, 1.82) is 0 Å². The number of sulfonamides is 1. The average molecular weight is 508 g/mol. The minimum Gasteiger partial charge on any atom is -0.379 e. The van der Waals surface area contributed by atoms with Crippen LogP contribution >= 0.6 is 22.9 Å². The van der Waals surface area contributed by atoms with Crippen molar-refractivity contribution in [2.75, 3.05) is 50.0 Å². The van der Waals surface area contributed by atoms with Crippen LogP contribution in [-0.2, 0) is 21.3 Å². The summed E-state index contributed by atoms with van der Waals surface area (Å²) in [6.07, 6.45) is 1.19. The summed E-state index contributed by atoms with van der Waals surface area (Å²) in [6.45, 7) is 4.78. The van der Waals surface area contributed by atoms with E-state index in [0.29, 0.717) is 22.1 Å². The Labute approximate surface area is 202 Å². The summed E-state index contributed by atoms with van der Waals surface area (Å²) in [5.74, 6) is -0.118. The van der Waals surface area contributed by atoms with E-state index in [1.54, 1.807) is 18.2 Å². The van der Waals surface area contributed by atoms with E-state index in [2.05, 4.69) is 10.2 Å². The van der Waals surface area contributed by atoms with Crippen molar-refractivity contribution in [3.05, 3.63) is 64.0 Å². The van der Waals surface area contributed by atoms with Gasteiger partial charge in [0.25, 0.3) is 5.91 Å². The lowest BCUT2D eigenvalue weighted by Crippen LogP contribution is -2.41. The minimum absolute atomic E-state index is 0.118. The van der Waals surface area contributed by atoms with Gasteiger partial charge < -0.3 is 10.1 Å². The number of morpholine rings is 1. The van der Waals surface area contributed by atoms with Gasteiger partial charge in [0, 0.05) is 35.9 Å². The van der Waals surface area contributed by atoms with Gasteiger partial charge in [0.2, 0.25) is 10.0 Å². The predicted molar refractivity (Wildman–Crippen MR) is 134 cm³/mol. The maximum atomic E-state index is 12.6. The van der Waals surface area contributed by atoms with Crippen LogP contribution in [0.2, 0.25) is 5.02 Å². The van der Waals surface area contributed by atoms with Crippen LogP contribution in [0.15, 0.2) is 48.5 Å². The Morgan fingerprint density at radius 1 is 1.15 bits per heavy atom. The quantitative estimate of drug-likeness (QED) is 0.504. The Hall–Kier alpha value is -2.17. The van der Waals surface area contributed by atoms with Gasteiger partial charge in [-0.3, -0.25) is 14.0 Å². The fourth-order valence-corrected chi connectivity index (χ4v) is 5.66. The van der Waals surface area contributed by atoms with Crippen molar-refractivity contribution in [2.24, 2.45) is 0 Å². The van der Waals surface area contributed by atoms with Gasteiger partial charge in [0.1, 0.15) is 0 Å². The summed E-state index contributed by atoms with van der Waals surface area (Å²) in [6, 6.07) is 14.4. The molecular weight excluding hydrogens is 482 g/mol. The molecule has 0 saturated carbocycles. The first-order valence-electron chi connectivity index (χ1n) is 10.6. The first kappa shape index (κ1) is 24.0. The van der Waals surface area contributed by atoms with E-state index in [1.807, 2.05) is 30.3 Å². The van der Waals surface area contributed by atoms with Gasteiger partial charge >= 0.3 is 0 Å². The lowest BCUT2D eigenvalue weighted by Gasteiger charge is -2.26. The van der Waals surface area contributed by atoms with Crippen LogP contribution in [0.25, 0.3) is 10.1 Å². The third kappa shape index (κ3) is 6.24. The summed E-state index contributed by atoms with van der Waals surface area (Å²) in [4.78, 5) is 15.5. The molecule has 1 fully saturated rings. The number of carbonyl (C=O) groups excluding carboxylic acids is 1. The zero-order valence-corrected chi connectivity index (χ0v) is 20.7. The molecule has 33 heavy (non-hydrogen) atoms. The Kier molecular flexibility index (Phi) is 7.55. The van der Waals surface area contributed by atoms with Crippen molar-refractivity contribution < 1.29 is 17.9 Å². The van der Waals surface area contributed by atoms with E-state index in [-0.39, 0.29) is 12.5 Å². The lowest BCUT2D eigenvalue weighted by atomic mass is 10.2. The second-order valence-electron chi connectivity index (χ2n) is 7.94. The minimum atomic E-state index is -3.52. The number of hydrogen-bond acceptors (Lipinski definition) is 6. The number of fused-ring (bicyclic) bond motifs is 1. The number of thiophene rings is 1. The molecule has 0 atom stereocenters. The normalized spacial score (nSPS) is 15.0. The van der Waals surface area contributed by atoms with Gasteiger partial charge in [-0.25, -0.2) is 8.42 Å². The van der Waals surface area contributed by atoms with Gasteiger partial charge in [0.05, 0.1) is 36.6 Å². The molecule has 3 aromatic rings. The fraction of sp³-hybridized carbons (Fsp3) is 0.348. The number of halogens is 1. The van der Waals surface area contributed by atoms with E-state index in [1.165, 1.54) is 21.9 Å². The zero-order chi connectivity index (χ0) is 23.4. The molecule has 0 aliphatic carbocycles. The Morgan fingerprint density at radius 3 is 2.58 bits per heavy atom. The molecule has 1 saturated heterocycles. The van der Waals surface area contributed by atoms with Crippen molar-refractivity contribution in [1.82, 2.24) is 10.2 Å². The second-order valence-corrected chi connectivity index (χ2v) is 11.4. The van der Waals surface area contributed by atoms with Gasteiger partial charge in [0.15, 0.2) is 0 Å². The Balaban J connectivity index is 1.48. The van der Waals surface area contributed by atoms with Crippen molar-refractivity contribution in [3.63, 3.8) is 0 Å². The fourth-order valence-electron chi connectivity index (χ4n) is 3.69. The maximum Gasteiger partial charge on any atom is 0.261 e. The number of nitrogens with one attached hydrogen (secondary N) is 1. The van der Waals surface area contributed by atoms with Crippen LogP contribution < -0.4 is 9.62 Å². The number of ether oxygens (including phenoxy) is 1. The van der Waals surface area contributed by atoms with Crippen LogP contribution in [-0.4, -0.2) is 64.9 Å². The van der Waals surface area contributed by atoms with Gasteiger partial charge in [-0.2, -0.15) is 0 Å². The topological polar surface area (TPSA) is 79.0 Å². The van der Waals surface area contributed by atoms with E-state index in [4.69, 9.17) is 16.3 Å². The molecule has 1 amide bonds. The van der Waals surface area contributed by atoms with Crippen LogP contribution in [0.3, 0.4) is 0 Å². The smallest absolute Gasteiger partial charge is 0.261 e. The molecule has 2 heterocycles. The Morgan fingerprint density at radius 2 is 1.88 bits per heavy atom. The van der Waals surface area contributed by atoms with E-state index < -0.39 is 10.0 Å². The third-order valence-electron chi connectivity index (χ3n) is 5.47. The number of nitrogens with zero attached hydrogens (tertiary/aromatic N) is 2.